The number of para-hydroxylation sites is 1. The van der Waals surface area contributed by atoms with Gasteiger partial charge in [0.25, 0.3) is 11.5 Å². The van der Waals surface area contributed by atoms with E-state index >= 15 is 0 Å². The molecule has 0 aliphatic carbocycles. The average Bonchev–Trinajstić information content (AvgIpc) is 2.97. The number of nitrogens with zero attached hydrogens (tertiary/aromatic N) is 3. The number of amides is 1. The maximum atomic E-state index is 13.3. The van der Waals surface area contributed by atoms with E-state index in [1.54, 1.807) is 36.5 Å². The molecule has 1 amide bonds. The Hall–Kier alpha value is -5.24. The molecule has 0 aliphatic rings. The zero-order valence-electron chi connectivity index (χ0n) is 21.5. The Kier molecular flexibility index (Phi) is 7.45. The van der Waals surface area contributed by atoms with Crippen LogP contribution in [0.4, 0.5) is 5.69 Å². The normalized spacial score (nSPS) is 11.0. The van der Waals surface area contributed by atoms with Gasteiger partial charge in [0.05, 0.1) is 24.2 Å². The van der Waals surface area contributed by atoms with Gasteiger partial charge in [-0.15, -0.1) is 0 Å². The number of anilines is 1. The highest BCUT2D eigenvalue weighted by molar-refractivity contribution is 5.92. The number of carbonyl (C=O) groups is 1. The molecule has 0 radical (unpaired) electrons. The molecule has 39 heavy (non-hydrogen) atoms. The quantitative estimate of drug-likeness (QED) is 0.282. The largest absolute Gasteiger partial charge is 0.493 e. The highest BCUT2D eigenvalue weighted by Gasteiger charge is 2.13. The summed E-state index contributed by atoms with van der Waals surface area (Å²) in [5.74, 6) is 0.975. The van der Waals surface area contributed by atoms with Crippen LogP contribution in [-0.4, -0.2) is 35.5 Å². The van der Waals surface area contributed by atoms with Crippen molar-refractivity contribution in [2.75, 3.05) is 19.0 Å². The third-order valence-electron chi connectivity index (χ3n) is 5.99. The molecule has 0 aliphatic heterocycles. The van der Waals surface area contributed by atoms with E-state index in [1.807, 2.05) is 73.7 Å². The minimum atomic E-state index is -0.289. The number of rotatable bonds is 8. The summed E-state index contributed by atoms with van der Waals surface area (Å²) in [5, 5.41) is 7.76. The Bertz CT molecular complexity index is 1710. The lowest BCUT2D eigenvalue weighted by Crippen LogP contribution is -2.20. The highest BCUT2D eigenvalue weighted by Crippen LogP contribution is 2.28. The number of aromatic nitrogens is 2. The lowest BCUT2D eigenvalue weighted by Gasteiger charge is -2.12. The molecule has 4 aromatic carbocycles. The number of methoxy groups -OCH3 is 1. The average molecular weight is 519 g/mol. The number of benzene rings is 4. The van der Waals surface area contributed by atoms with Crippen molar-refractivity contribution in [1.29, 1.82) is 0 Å². The lowest BCUT2D eigenvalue weighted by molar-refractivity contribution is -0.118. The van der Waals surface area contributed by atoms with Crippen molar-refractivity contribution in [2.45, 2.75) is 6.92 Å². The molecule has 1 N–H and O–H groups in total. The van der Waals surface area contributed by atoms with Crippen molar-refractivity contribution >= 4 is 28.7 Å². The summed E-state index contributed by atoms with van der Waals surface area (Å²) in [6.07, 6.45) is 1.56. The van der Waals surface area contributed by atoms with Crippen LogP contribution in [0.2, 0.25) is 0 Å². The Morgan fingerprint density at radius 3 is 2.46 bits per heavy atom. The first-order chi connectivity index (χ1) is 19.0. The van der Waals surface area contributed by atoms with E-state index in [0.29, 0.717) is 39.5 Å². The third-order valence-corrected chi connectivity index (χ3v) is 5.99. The first kappa shape index (κ1) is 25.4. The van der Waals surface area contributed by atoms with Crippen molar-refractivity contribution in [3.05, 3.63) is 119 Å². The van der Waals surface area contributed by atoms with Gasteiger partial charge in [-0.1, -0.05) is 60.2 Å². The van der Waals surface area contributed by atoms with Crippen LogP contribution >= 0.6 is 0 Å². The number of aryl methyl sites for hydroxylation is 1. The minimum Gasteiger partial charge on any atom is -0.493 e. The number of carbonyl (C=O) groups excluding carboxylic acids is 1. The van der Waals surface area contributed by atoms with Gasteiger partial charge in [0.1, 0.15) is 0 Å². The van der Waals surface area contributed by atoms with Crippen molar-refractivity contribution in [2.24, 2.45) is 5.10 Å². The topological polar surface area (TPSA) is 94.8 Å². The fourth-order valence-corrected chi connectivity index (χ4v) is 3.99. The van der Waals surface area contributed by atoms with Crippen LogP contribution in [0.5, 0.6) is 11.5 Å². The van der Waals surface area contributed by atoms with Crippen LogP contribution in [-0.2, 0) is 4.79 Å². The second kappa shape index (κ2) is 11.4. The molecule has 5 aromatic rings. The monoisotopic (exact) mass is 518 g/mol. The summed E-state index contributed by atoms with van der Waals surface area (Å²) in [7, 11) is 1.51. The van der Waals surface area contributed by atoms with Crippen LogP contribution in [0.25, 0.3) is 22.3 Å². The second-order valence-electron chi connectivity index (χ2n) is 8.79. The highest BCUT2D eigenvalue weighted by atomic mass is 16.5. The zero-order chi connectivity index (χ0) is 27.2. The number of fused-ring (bicyclic) bond motifs is 1. The molecule has 0 spiro atoms. The smallest absolute Gasteiger partial charge is 0.282 e. The second-order valence-corrected chi connectivity index (χ2v) is 8.79. The molecule has 0 saturated heterocycles. The van der Waals surface area contributed by atoms with Crippen LogP contribution < -0.4 is 20.3 Å². The molecule has 8 heteroatoms. The van der Waals surface area contributed by atoms with Crippen molar-refractivity contribution < 1.29 is 14.3 Å². The molecule has 1 aromatic heterocycles. The van der Waals surface area contributed by atoms with E-state index in [0.717, 1.165) is 11.1 Å². The van der Waals surface area contributed by atoms with Gasteiger partial charge < -0.3 is 14.8 Å². The first-order valence-corrected chi connectivity index (χ1v) is 12.3. The summed E-state index contributed by atoms with van der Waals surface area (Å²) in [4.78, 5) is 30.4. The van der Waals surface area contributed by atoms with Crippen LogP contribution in [0.3, 0.4) is 0 Å². The van der Waals surface area contributed by atoms with E-state index in [-0.39, 0.29) is 18.1 Å². The third kappa shape index (κ3) is 5.86. The van der Waals surface area contributed by atoms with E-state index in [9.17, 15) is 9.59 Å². The molecule has 0 saturated carbocycles. The van der Waals surface area contributed by atoms with Crippen molar-refractivity contribution in [1.82, 2.24) is 9.66 Å². The van der Waals surface area contributed by atoms with Gasteiger partial charge in [-0.25, -0.2) is 4.98 Å². The number of nitrogens with one attached hydrogen (secondary N) is 1. The molecule has 0 bridgehead atoms. The SMILES string of the molecule is COc1cc(C=Nn2c(-c3ccccc3)nc3ccccc3c2=O)ccc1OCC(=O)Nc1ccc(C)cc1. The summed E-state index contributed by atoms with van der Waals surface area (Å²) >= 11 is 0. The molecule has 5 rings (SSSR count). The van der Waals surface area contributed by atoms with E-state index in [4.69, 9.17) is 14.5 Å². The van der Waals surface area contributed by atoms with E-state index in [2.05, 4.69) is 10.4 Å². The van der Waals surface area contributed by atoms with Gasteiger partial charge in [0.2, 0.25) is 0 Å². The predicted octanol–water partition coefficient (Wildman–Crippen LogP) is 5.28. The maximum Gasteiger partial charge on any atom is 0.282 e. The van der Waals surface area contributed by atoms with Crippen LogP contribution in [0, 0.1) is 6.92 Å². The Balaban J connectivity index is 1.38. The van der Waals surface area contributed by atoms with E-state index < -0.39 is 0 Å². The van der Waals surface area contributed by atoms with Gasteiger partial charge in [-0.3, -0.25) is 9.59 Å². The van der Waals surface area contributed by atoms with Crippen LogP contribution in [0.1, 0.15) is 11.1 Å². The molecular weight excluding hydrogens is 492 g/mol. The standard InChI is InChI=1S/C31H26N4O4/c1-21-12-15-24(16-13-21)33-29(36)20-39-27-17-14-22(18-28(27)38-2)19-32-35-30(23-8-4-3-5-9-23)34-26-11-7-6-10-25(26)31(35)37/h3-19H,20H2,1-2H3,(H,33,36). The zero-order valence-corrected chi connectivity index (χ0v) is 21.5. The minimum absolute atomic E-state index is 0.184. The number of hydrogen-bond donors (Lipinski definition) is 1. The number of ether oxygens (including phenoxy) is 2. The molecule has 0 atom stereocenters. The number of hydrogen-bond acceptors (Lipinski definition) is 6. The molecule has 1 heterocycles. The fraction of sp³-hybridized carbons (Fsp3) is 0.0968. The summed E-state index contributed by atoms with van der Waals surface area (Å²) in [5.41, 5.74) is 3.56. The molecular formula is C31H26N4O4. The maximum absolute atomic E-state index is 13.3. The fourth-order valence-electron chi connectivity index (χ4n) is 3.99. The van der Waals surface area contributed by atoms with Crippen molar-refractivity contribution in [3.63, 3.8) is 0 Å². The first-order valence-electron chi connectivity index (χ1n) is 12.3. The van der Waals surface area contributed by atoms with Crippen molar-refractivity contribution in [3.8, 4) is 22.9 Å². The van der Waals surface area contributed by atoms with Gasteiger partial charge >= 0.3 is 0 Å². The van der Waals surface area contributed by atoms with Gasteiger partial charge in [0.15, 0.2) is 23.9 Å². The Morgan fingerprint density at radius 1 is 0.949 bits per heavy atom. The Morgan fingerprint density at radius 2 is 1.69 bits per heavy atom. The predicted molar refractivity (Wildman–Crippen MR) is 153 cm³/mol. The summed E-state index contributed by atoms with van der Waals surface area (Å²) < 4.78 is 12.5. The molecule has 0 fully saturated rings. The molecule has 8 nitrogen and oxygen atoms in total. The Labute approximate surface area is 225 Å². The lowest BCUT2D eigenvalue weighted by atomic mass is 10.2. The van der Waals surface area contributed by atoms with E-state index in [1.165, 1.54) is 11.8 Å². The van der Waals surface area contributed by atoms with Gasteiger partial charge in [-0.2, -0.15) is 9.78 Å². The van der Waals surface area contributed by atoms with Crippen LogP contribution in [0.15, 0.2) is 107 Å². The molecule has 0 unspecified atom stereocenters. The van der Waals surface area contributed by atoms with Gasteiger partial charge in [-0.05, 0) is 55.0 Å². The summed E-state index contributed by atoms with van der Waals surface area (Å²) in [6, 6.07) is 29.3. The summed E-state index contributed by atoms with van der Waals surface area (Å²) in [6.45, 7) is 1.80. The molecule has 194 valence electrons. The van der Waals surface area contributed by atoms with Gasteiger partial charge in [0, 0.05) is 11.3 Å².